The number of methoxy groups -OCH3 is 1. The van der Waals surface area contributed by atoms with Crippen LogP contribution in [0.1, 0.15) is 60.5 Å². The smallest absolute Gasteiger partial charge is 0.330 e. The third-order valence-electron chi connectivity index (χ3n) is 11.3. The maximum absolute atomic E-state index is 13.3. The maximum Gasteiger partial charge on any atom is 0.330 e. The molecule has 3 aromatic heterocycles. The molecule has 5 aromatic rings. The van der Waals surface area contributed by atoms with Gasteiger partial charge in [0.2, 0.25) is 11.8 Å². The first-order valence-corrected chi connectivity index (χ1v) is 18.2. The van der Waals surface area contributed by atoms with Gasteiger partial charge in [0.15, 0.2) is 0 Å². The number of ether oxygens (including phenoxy) is 1. The van der Waals surface area contributed by atoms with Crippen LogP contribution in [-0.2, 0) is 25.3 Å². The number of fused-ring (bicyclic) bond motifs is 2. The number of aryl methyl sites for hydroxylation is 3. The molecule has 8 rings (SSSR count). The molecule has 0 bridgehead atoms. The van der Waals surface area contributed by atoms with Gasteiger partial charge in [-0.1, -0.05) is 41.9 Å². The zero-order valence-electron chi connectivity index (χ0n) is 30.1. The number of amides is 1. The highest BCUT2D eigenvalue weighted by Crippen LogP contribution is 2.47. The zero-order chi connectivity index (χ0) is 36.5. The van der Waals surface area contributed by atoms with Crippen LogP contribution in [0.2, 0.25) is 5.02 Å². The first kappa shape index (κ1) is 34.1. The van der Waals surface area contributed by atoms with E-state index >= 15 is 0 Å². The Morgan fingerprint density at radius 1 is 0.962 bits per heavy atom. The normalized spacial score (nSPS) is 20.0. The van der Waals surface area contributed by atoms with Gasteiger partial charge in [0, 0.05) is 67.7 Å². The van der Waals surface area contributed by atoms with Crippen LogP contribution in [0.5, 0.6) is 5.88 Å². The minimum atomic E-state index is -0.414. The van der Waals surface area contributed by atoms with Crippen LogP contribution in [0.25, 0.3) is 33.3 Å². The largest absolute Gasteiger partial charge is 0.481 e. The number of nitrogens with zero attached hydrogens (tertiary/aromatic N) is 5. The second kappa shape index (κ2) is 12.9. The third-order valence-corrected chi connectivity index (χ3v) is 11.8. The van der Waals surface area contributed by atoms with Crippen LogP contribution in [0, 0.1) is 13.8 Å². The molecule has 2 aromatic carbocycles. The zero-order valence-corrected chi connectivity index (χ0v) is 30.9. The van der Waals surface area contributed by atoms with Crippen molar-refractivity contribution >= 4 is 39.9 Å². The molecule has 268 valence electrons. The lowest BCUT2D eigenvalue weighted by Gasteiger charge is -2.35. The summed E-state index contributed by atoms with van der Waals surface area (Å²) in [5.41, 5.74) is 7.60. The molecule has 0 saturated carbocycles. The van der Waals surface area contributed by atoms with Crippen LogP contribution in [0.15, 0.2) is 58.1 Å². The molecule has 0 radical (unpaired) electrons. The number of pyridine rings is 2. The summed E-state index contributed by atoms with van der Waals surface area (Å²) in [7, 11) is 4.80. The van der Waals surface area contributed by atoms with Crippen molar-refractivity contribution in [3.63, 3.8) is 0 Å². The number of piperidine rings is 1. The topological polar surface area (TPSA) is 123 Å². The number of hydrogen-bond donors (Lipinski definition) is 2. The van der Waals surface area contributed by atoms with Crippen molar-refractivity contribution in [3.8, 4) is 28.3 Å². The summed E-state index contributed by atoms with van der Waals surface area (Å²) in [5, 5.41) is 7.63. The molecule has 2 aliphatic heterocycles. The van der Waals surface area contributed by atoms with Gasteiger partial charge in [0.05, 0.1) is 28.9 Å². The lowest BCUT2D eigenvalue weighted by Crippen LogP contribution is -2.53. The molecule has 5 heterocycles. The van der Waals surface area contributed by atoms with E-state index < -0.39 is 11.2 Å². The van der Waals surface area contributed by atoms with Crippen molar-refractivity contribution in [1.29, 1.82) is 0 Å². The van der Waals surface area contributed by atoms with Gasteiger partial charge in [0.25, 0.3) is 5.56 Å². The van der Waals surface area contributed by atoms with Crippen molar-refractivity contribution in [2.24, 2.45) is 14.1 Å². The van der Waals surface area contributed by atoms with Gasteiger partial charge in [-0.25, -0.2) is 14.8 Å². The van der Waals surface area contributed by atoms with Crippen molar-refractivity contribution in [1.82, 2.24) is 29.3 Å². The Kier molecular flexibility index (Phi) is 8.46. The average molecular weight is 720 g/mol. The van der Waals surface area contributed by atoms with Crippen LogP contribution < -0.4 is 26.6 Å². The Morgan fingerprint density at radius 3 is 2.52 bits per heavy atom. The maximum atomic E-state index is 13.3. The fourth-order valence-corrected chi connectivity index (χ4v) is 8.98. The summed E-state index contributed by atoms with van der Waals surface area (Å²) in [6.45, 7) is 5.62. The molecule has 2 saturated heterocycles. The molecule has 12 heteroatoms. The Labute approximate surface area is 306 Å². The van der Waals surface area contributed by atoms with E-state index in [0.29, 0.717) is 39.7 Å². The van der Waals surface area contributed by atoms with Crippen molar-refractivity contribution in [2.45, 2.75) is 64.0 Å². The number of hydrogen-bond acceptors (Lipinski definition) is 8. The standard InChI is InChI=1S/C40H42ClN7O4/c1-22-19-31-34(38(50)47(4)39(51)46(31)3)36(42-22)43-28-12-7-9-25(23(28)2)26-10-6-11-27(35(26)41)29-20-24-14-15-30(33(24)37(44-29)52-5)48-18-17-40(21-48)16-8-13-32(49)45-40/h6-7,9-12,19-20,30H,8,13-18,21H2,1-5H3,(H,42,43)(H,45,49)/t30?,40-/m0/s1. The van der Waals surface area contributed by atoms with E-state index in [1.807, 2.05) is 50.2 Å². The number of halogens is 1. The van der Waals surface area contributed by atoms with Crippen LogP contribution in [-0.4, -0.2) is 55.6 Å². The minimum absolute atomic E-state index is 0.126. The predicted octanol–water partition coefficient (Wildman–Crippen LogP) is 6.12. The summed E-state index contributed by atoms with van der Waals surface area (Å²) in [6, 6.07) is 16.0. The van der Waals surface area contributed by atoms with E-state index in [9.17, 15) is 14.4 Å². The number of anilines is 2. The summed E-state index contributed by atoms with van der Waals surface area (Å²) in [5.74, 6) is 1.17. The fraction of sp³-hybridized carbons (Fsp3) is 0.375. The average Bonchev–Trinajstić information content (AvgIpc) is 3.74. The Morgan fingerprint density at radius 2 is 1.73 bits per heavy atom. The monoisotopic (exact) mass is 719 g/mol. The Bertz CT molecular complexity index is 2420. The van der Waals surface area contributed by atoms with Gasteiger partial charge in [-0.15, -0.1) is 0 Å². The molecule has 1 spiro atoms. The Hall–Kier alpha value is -5.00. The van der Waals surface area contributed by atoms with Crippen molar-refractivity contribution in [3.05, 3.63) is 96.8 Å². The van der Waals surface area contributed by atoms with Crippen molar-refractivity contribution < 1.29 is 9.53 Å². The number of carbonyl (C=O) groups excluding carboxylic acids is 1. The van der Waals surface area contributed by atoms with E-state index in [1.165, 1.54) is 17.2 Å². The number of aromatic nitrogens is 4. The molecule has 3 aliphatic rings. The molecule has 1 amide bonds. The number of likely N-dealkylation sites (tertiary alicyclic amines) is 1. The summed E-state index contributed by atoms with van der Waals surface area (Å²) >= 11 is 7.27. The number of rotatable bonds is 6. The van der Waals surface area contributed by atoms with Crippen LogP contribution in [0.4, 0.5) is 11.5 Å². The molecule has 2 atom stereocenters. The van der Waals surface area contributed by atoms with E-state index in [4.69, 9.17) is 21.3 Å². The highest BCUT2D eigenvalue weighted by molar-refractivity contribution is 6.36. The Balaban J connectivity index is 1.13. The molecular weight excluding hydrogens is 678 g/mol. The van der Waals surface area contributed by atoms with E-state index in [1.54, 1.807) is 20.2 Å². The summed E-state index contributed by atoms with van der Waals surface area (Å²) in [6.07, 6.45) is 5.44. The van der Waals surface area contributed by atoms with Gasteiger partial charge in [0.1, 0.15) is 11.2 Å². The SMILES string of the molecule is COc1nc(-c2cccc(-c3cccc(Nc4nc(C)cc5c4c(=O)n(C)c(=O)n5C)c3C)c2Cl)cc2c1C(N1CC[C@@]3(CCCC(=O)N3)C1)CC2. The molecule has 1 unspecified atom stereocenters. The highest BCUT2D eigenvalue weighted by atomic mass is 35.5. The predicted molar refractivity (Wildman–Crippen MR) is 204 cm³/mol. The second-order valence-electron chi connectivity index (χ2n) is 14.5. The molecular formula is C40H42ClN7O4. The van der Waals surface area contributed by atoms with Crippen LogP contribution >= 0.6 is 11.6 Å². The van der Waals surface area contributed by atoms with Gasteiger partial charge in [-0.3, -0.25) is 23.6 Å². The van der Waals surface area contributed by atoms with Gasteiger partial charge in [-0.05, 0) is 80.8 Å². The van der Waals surface area contributed by atoms with Crippen molar-refractivity contribution in [2.75, 3.05) is 25.5 Å². The van der Waals surface area contributed by atoms with E-state index in [-0.39, 0.29) is 17.5 Å². The number of nitrogens with one attached hydrogen (secondary N) is 2. The lowest BCUT2D eigenvalue weighted by atomic mass is 9.88. The van der Waals surface area contributed by atoms with Crippen LogP contribution in [0.3, 0.4) is 0 Å². The van der Waals surface area contributed by atoms with Gasteiger partial charge in [-0.2, -0.15) is 0 Å². The molecule has 52 heavy (non-hydrogen) atoms. The van der Waals surface area contributed by atoms with Gasteiger partial charge < -0.3 is 15.4 Å². The minimum Gasteiger partial charge on any atom is -0.481 e. The fourth-order valence-electron chi connectivity index (χ4n) is 8.66. The number of benzene rings is 2. The first-order chi connectivity index (χ1) is 25.0. The van der Waals surface area contributed by atoms with E-state index in [2.05, 4.69) is 26.6 Å². The van der Waals surface area contributed by atoms with E-state index in [0.717, 1.165) is 89.0 Å². The first-order valence-electron chi connectivity index (χ1n) is 17.8. The number of carbonyl (C=O) groups is 1. The summed E-state index contributed by atoms with van der Waals surface area (Å²) in [4.78, 5) is 50.5. The summed E-state index contributed by atoms with van der Waals surface area (Å²) < 4.78 is 8.53. The third kappa shape index (κ3) is 5.58. The highest BCUT2D eigenvalue weighted by Gasteiger charge is 2.45. The molecule has 2 fully saturated rings. The quantitative estimate of drug-likeness (QED) is 0.216. The molecule has 1 aliphatic carbocycles. The second-order valence-corrected chi connectivity index (χ2v) is 14.9. The van der Waals surface area contributed by atoms with Gasteiger partial charge >= 0.3 is 5.69 Å². The molecule has 2 N–H and O–H groups in total. The molecule has 11 nitrogen and oxygen atoms in total. The lowest BCUT2D eigenvalue weighted by molar-refractivity contribution is -0.125.